The lowest BCUT2D eigenvalue weighted by molar-refractivity contribution is 0.883. The van der Waals surface area contributed by atoms with Gasteiger partial charge in [-0.15, -0.1) is 0 Å². The molecule has 0 spiro atoms. The molecule has 0 bridgehead atoms. The third kappa shape index (κ3) is 0.878. The normalized spacial score (nSPS) is 12.9. The van der Waals surface area contributed by atoms with E-state index in [0.29, 0.717) is 0 Å². The molecular weight excluding hydrogens is 176 g/mol. The number of fused-ring (bicyclic) bond motifs is 3. The van der Waals surface area contributed by atoms with Crippen LogP contribution in [0, 0.1) is 6.92 Å². The van der Waals surface area contributed by atoms with Crippen LogP contribution in [0.4, 0.5) is 5.82 Å². The van der Waals surface area contributed by atoms with Gasteiger partial charge in [0, 0.05) is 6.20 Å². The van der Waals surface area contributed by atoms with Crippen molar-refractivity contribution in [2.45, 2.75) is 13.5 Å². The van der Waals surface area contributed by atoms with Gasteiger partial charge in [-0.1, -0.05) is 0 Å². The lowest BCUT2D eigenvalue weighted by atomic mass is 10.2. The van der Waals surface area contributed by atoms with Crippen molar-refractivity contribution in [1.29, 1.82) is 0 Å². The molecule has 0 saturated carbocycles. The van der Waals surface area contributed by atoms with Crippen molar-refractivity contribution < 1.29 is 0 Å². The quantitative estimate of drug-likeness (QED) is 0.678. The van der Waals surface area contributed by atoms with Crippen molar-refractivity contribution in [1.82, 2.24) is 14.5 Å². The third-order valence-electron chi connectivity index (χ3n) is 2.54. The SMILES string of the molecule is Cc1ncn2c1CNc1ncccc1-2. The molecule has 4 heteroatoms. The Morgan fingerprint density at radius 3 is 3.29 bits per heavy atom. The highest BCUT2D eigenvalue weighted by atomic mass is 15.2. The van der Waals surface area contributed by atoms with E-state index in [2.05, 4.69) is 19.9 Å². The van der Waals surface area contributed by atoms with Crippen molar-refractivity contribution in [3.8, 4) is 5.69 Å². The summed E-state index contributed by atoms with van der Waals surface area (Å²) in [7, 11) is 0. The van der Waals surface area contributed by atoms with Crippen molar-refractivity contribution in [2.24, 2.45) is 0 Å². The molecule has 4 nitrogen and oxygen atoms in total. The number of nitrogens with zero attached hydrogens (tertiary/aromatic N) is 3. The van der Waals surface area contributed by atoms with Crippen LogP contribution >= 0.6 is 0 Å². The molecule has 1 aliphatic heterocycles. The number of aryl methyl sites for hydroxylation is 1. The van der Waals surface area contributed by atoms with Gasteiger partial charge in [-0.25, -0.2) is 9.97 Å². The fraction of sp³-hybridized carbons (Fsp3) is 0.200. The van der Waals surface area contributed by atoms with Crippen LogP contribution < -0.4 is 5.32 Å². The minimum Gasteiger partial charge on any atom is -0.363 e. The molecule has 0 aromatic carbocycles. The van der Waals surface area contributed by atoms with Gasteiger partial charge < -0.3 is 5.32 Å². The van der Waals surface area contributed by atoms with E-state index in [-0.39, 0.29) is 0 Å². The molecule has 0 saturated heterocycles. The van der Waals surface area contributed by atoms with Crippen LogP contribution in [0.2, 0.25) is 0 Å². The van der Waals surface area contributed by atoms with E-state index >= 15 is 0 Å². The molecule has 70 valence electrons. The summed E-state index contributed by atoms with van der Waals surface area (Å²) in [5.41, 5.74) is 3.37. The van der Waals surface area contributed by atoms with E-state index in [9.17, 15) is 0 Å². The molecule has 0 unspecified atom stereocenters. The molecule has 0 fully saturated rings. The number of nitrogens with one attached hydrogen (secondary N) is 1. The van der Waals surface area contributed by atoms with Crippen LogP contribution in [0.5, 0.6) is 0 Å². The Labute approximate surface area is 81.6 Å². The zero-order valence-corrected chi connectivity index (χ0v) is 7.86. The summed E-state index contributed by atoms with van der Waals surface area (Å²) in [6, 6.07) is 3.98. The van der Waals surface area contributed by atoms with Crippen LogP contribution in [0.15, 0.2) is 24.7 Å². The Balaban J connectivity index is 2.29. The first kappa shape index (κ1) is 7.55. The number of rotatable bonds is 0. The van der Waals surface area contributed by atoms with E-state index in [1.807, 2.05) is 25.4 Å². The molecule has 3 heterocycles. The summed E-state index contributed by atoms with van der Waals surface area (Å²) in [4.78, 5) is 8.56. The summed E-state index contributed by atoms with van der Waals surface area (Å²) in [5, 5.41) is 3.27. The van der Waals surface area contributed by atoms with Crippen LogP contribution in [0.1, 0.15) is 11.4 Å². The number of hydrogen-bond donors (Lipinski definition) is 1. The molecule has 3 rings (SSSR count). The fourth-order valence-electron chi connectivity index (χ4n) is 1.78. The average Bonchev–Trinajstić information content (AvgIpc) is 2.61. The third-order valence-corrected chi connectivity index (χ3v) is 2.54. The number of anilines is 1. The Bertz CT molecular complexity index is 487. The minimum atomic E-state index is 0.801. The van der Waals surface area contributed by atoms with Gasteiger partial charge in [0.25, 0.3) is 0 Å². The van der Waals surface area contributed by atoms with Gasteiger partial charge in [0.2, 0.25) is 0 Å². The first-order valence-corrected chi connectivity index (χ1v) is 4.58. The molecule has 0 atom stereocenters. The molecule has 1 aliphatic rings. The van der Waals surface area contributed by atoms with Gasteiger partial charge in [-0.3, -0.25) is 4.57 Å². The molecule has 1 N–H and O–H groups in total. The lowest BCUT2D eigenvalue weighted by Crippen LogP contribution is -2.15. The monoisotopic (exact) mass is 186 g/mol. The van der Waals surface area contributed by atoms with Gasteiger partial charge in [-0.05, 0) is 19.1 Å². The highest BCUT2D eigenvalue weighted by molar-refractivity contribution is 5.59. The van der Waals surface area contributed by atoms with Crippen molar-refractivity contribution >= 4 is 5.82 Å². The Kier molecular flexibility index (Phi) is 1.39. The van der Waals surface area contributed by atoms with Gasteiger partial charge in [0.05, 0.1) is 29.9 Å². The second-order valence-corrected chi connectivity index (χ2v) is 3.37. The smallest absolute Gasteiger partial charge is 0.150 e. The van der Waals surface area contributed by atoms with Gasteiger partial charge >= 0.3 is 0 Å². The first-order chi connectivity index (χ1) is 6.86. The predicted molar refractivity (Wildman–Crippen MR) is 53.4 cm³/mol. The second-order valence-electron chi connectivity index (χ2n) is 3.37. The van der Waals surface area contributed by atoms with Crippen molar-refractivity contribution in [2.75, 3.05) is 5.32 Å². The predicted octanol–water partition coefficient (Wildman–Crippen LogP) is 1.50. The summed E-state index contributed by atoms with van der Waals surface area (Å²) in [6.45, 7) is 2.82. The fourth-order valence-corrected chi connectivity index (χ4v) is 1.78. The average molecular weight is 186 g/mol. The molecule has 0 amide bonds. The zero-order chi connectivity index (χ0) is 9.54. The van der Waals surface area contributed by atoms with Gasteiger partial charge in [0.15, 0.2) is 5.82 Å². The highest BCUT2D eigenvalue weighted by Gasteiger charge is 2.17. The first-order valence-electron chi connectivity index (χ1n) is 4.58. The molecular formula is C10H10N4. The topological polar surface area (TPSA) is 42.7 Å². The van der Waals surface area contributed by atoms with Gasteiger partial charge in [-0.2, -0.15) is 0 Å². The standard InChI is InChI=1S/C10H10N4/c1-7-9-5-12-10-8(3-2-4-11-10)14(9)6-13-7/h2-4,6H,5H2,1H3,(H,11,12). The zero-order valence-electron chi connectivity index (χ0n) is 7.86. The van der Waals surface area contributed by atoms with E-state index in [1.165, 1.54) is 5.69 Å². The van der Waals surface area contributed by atoms with E-state index in [4.69, 9.17) is 0 Å². The van der Waals surface area contributed by atoms with Crippen molar-refractivity contribution in [3.63, 3.8) is 0 Å². The molecule has 2 aromatic rings. The van der Waals surface area contributed by atoms with E-state index < -0.39 is 0 Å². The Hall–Kier alpha value is -1.84. The maximum Gasteiger partial charge on any atom is 0.150 e. The molecule has 0 aliphatic carbocycles. The number of hydrogen-bond acceptors (Lipinski definition) is 3. The summed E-state index contributed by atoms with van der Waals surface area (Å²) >= 11 is 0. The molecule has 14 heavy (non-hydrogen) atoms. The van der Waals surface area contributed by atoms with Crippen LogP contribution in [-0.2, 0) is 6.54 Å². The summed E-state index contributed by atoms with van der Waals surface area (Å²) in [5.74, 6) is 0.928. The lowest BCUT2D eigenvalue weighted by Gasteiger charge is -2.19. The number of pyridine rings is 1. The second kappa shape index (κ2) is 2.57. The maximum atomic E-state index is 4.29. The Morgan fingerprint density at radius 2 is 2.36 bits per heavy atom. The van der Waals surface area contributed by atoms with Crippen LogP contribution in [0.25, 0.3) is 5.69 Å². The summed E-state index contributed by atoms with van der Waals surface area (Å²) < 4.78 is 2.09. The van der Waals surface area contributed by atoms with Gasteiger partial charge in [0.1, 0.15) is 0 Å². The number of aromatic nitrogens is 3. The highest BCUT2D eigenvalue weighted by Crippen LogP contribution is 2.25. The van der Waals surface area contributed by atoms with Crippen molar-refractivity contribution in [3.05, 3.63) is 36.0 Å². The van der Waals surface area contributed by atoms with E-state index in [1.54, 1.807) is 6.20 Å². The summed E-state index contributed by atoms with van der Waals surface area (Å²) in [6.07, 6.45) is 3.65. The van der Waals surface area contributed by atoms with Crippen LogP contribution in [-0.4, -0.2) is 14.5 Å². The van der Waals surface area contributed by atoms with E-state index in [0.717, 1.165) is 23.7 Å². The minimum absolute atomic E-state index is 0.801. The molecule has 2 aromatic heterocycles. The Morgan fingerprint density at radius 1 is 1.43 bits per heavy atom. The number of imidazole rings is 1. The maximum absolute atomic E-state index is 4.29. The molecule has 0 radical (unpaired) electrons. The largest absolute Gasteiger partial charge is 0.363 e. The van der Waals surface area contributed by atoms with Crippen LogP contribution in [0.3, 0.4) is 0 Å².